The Bertz CT molecular complexity index is 876. The van der Waals surface area contributed by atoms with Gasteiger partial charge in [0.25, 0.3) is 0 Å². The molecule has 1 aromatic carbocycles. The molecule has 0 aliphatic carbocycles. The van der Waals surface area contributed by atoms with Gasteiger partial charge in [-0.25, -0.2) is 9.97 Å². The molecule has 1 N–H and O–H groups in total. The number of thiazole rings is 1. The molecule has 3 heterocycles. The number of fused-ring (bicyclic) bond motifs is 1. The van der Waals surface area contributed by atoms with Crippen molar-refractivity contribution in [1.29, 1.82) is 0 Å². The van der Waals surface area contributed by atoms with Crippen molar-refractivity contribution in [3.63, 3.8) is 0 Å². The SMILES string of the molecule is Cc1nc(CNc2nncc(-c3ccc4c(c3)OCO4)n2)sc1C. The van der Waals surface area contributed by atoms with Crippen LogP contribution in [0, 0.1) is 13.8 Å². The lowest BCUT2D eigenvalue weighted by atomic mass is 10.1. The molecule has 8 heteroatoms. The number of ether oxygens (including phenoxy) is 2. The van der Waals surface area contributed by atoms with Gasteiger partial charge in [-0.3, -0.25) is 0 Å². The van der Waals surface area contributed by atoms with Crippen molar-refractivity contribution in [2.45, 2.75) is 20.4 Å². The van der Waals surface area contributed by atoms with E-state index in [2.05, 4.69) is 32.4 Å². The van der Waals surface area contributed by atoms with Crippen molar-refractivity contribution < 1.29 is 9.47 Å². The molecular formula is C16H15N5O2S. The molecule has 1 aliphatic rings. The van der Waals surface area contributed by atoms with Crippen LogP contribution in [0.5, 0.6) is 11.5 Å². The summed E-state index contributed by atoms with van der Waals surface area (Å²) in [4.78, 5) is 10.2. The highest BCUT2D eigenvalue weighted by atomic mass is 32.1. The van der Waals surface area contributed by atoms with Crippen LogP contribution >= 0.6 is 11.3 Å². The summed E-state index contributed by atoms with van der Waals surface area (Å²) in [5.41, 5.74) is 2.68. The van der Waals surface area contributed by atoms with Crippen LogP contribution in [-0.2, 0) is 6.54 Å². The summed E-state index contributed by atoms with van der Waals surface area (Å²) in [6, 6.07) is 5.69. The van der Waals surface area contributed by atoms with Gasteiger partial charge in [-0.2, -0.15) is 5.10 Å². The summed E-state index contributed by atoms with van der Waals surface area (Å²) >= 11 is 1.67. The predicted molar refractivity (Wildman–Crippen MR) is 90.3 cm³/mol. The molecule has 0 amide bonds. The van der Waals surface area contributed by atoms with Crippen LogP contribution in [0.1, 0.15) is 15.6 Å². The number of hydrogen-bond donors (Lipinski definition) is 1. The maximum Gasteiger partial charge on any atom is 0.243 e. The molecule has 0 bridgehead atoms. The fourth-order valence-corrected chi connectivity index (χ4v) is 3.22. The molecule has 7 nitrogen and oxygen atoms in total. The first-order valence-corrected chi connectivity index (χ1v) is 8.27. The highest BCUT2D eigenvalue weighted by Crippen LogP contribution is 2.35. The molecule has 0 radical (unpaired) electrons. The van der Waals surface area contributed by atoms with Crippen LogP contribution in [0.25, 0.3) is 11.3 Å². The first-order valence-electron chi connectivity index (χ1n) is 7.45. The minimum atomic E-state index is 0.250. The van der Waals surface area contributed by atoms with Gasteiger partial charge in [0.2, 0.25) is 12.7 Å². The number of benzene rings is 1. The van der Waals surface area contributed by atoms with Crippen molar-refractivity contribution in [3.05, 3.63) is 40.0 Å². The van der Waals surface area contributed by atoms with Gasteiger partial charge in [0.15, 0.2) is 11.5 Å². The highest BCUT2D eigenvalue weighted by Gasteiger charge is 2.15. The largest absolute Gasteiger partial charge is 0.454 e. The zero-order valence-corrected chi connectivity index (χ0v) is 14.1. The first kappa shape index (κ1) is 14.8. The lowest BCUT2D eigenvalue weighted by molar-refractivity contribution is 0.174. The molecule has 0 atom stereocenters. The third-order valence-corrected chi connectivity index (χ3v) is 4.77. The van der Waals surface area contributed by atoms with Crippen LogP contribution < -0.4 is 14.8 Å². The van der Waals surface area contributed by atoms with E-state index >= 15 is 0 Å². The molecule has 0 spiro atoms. The lowest BCUT2D eigenvalue weighted by Gasteiger charge is -2.05. The van der Waals surface area contributed by atoms with E-state index in [-0.39, 0.29) is 6.79 Å². The number of aromatic nitrogens is 4. The summed E-state index contributed by atoms with van der Waals surface area (Å²) in [6.07, 6.45) is 1.63. The van der Waals surface area contributed by atoms with Gasteiger partial charge in [0.05, 0.1) is 24.1 Å². The minimum absolute atomic E-state index is 0.250. The molecular weight excluding hydrogens is 326 g/mol. The van der Waals surface area contributed by atoms with Gasteiger partial charge in [-0.05, 0) is 32.0 Å². The van der Waals surface area contributed by atoms with E-state index in [4.69, 9.17) is 9.47 Å². The third-order valence-electron chi connectivity index (χ3n) is 3.70. The quantitative estimate of drug-likeness (QED) is 0.781. The van der Waals surface area contributed by atoms with Crippen molar-refractivity contribution in [2.24, 2.45) is 0 Å². The number of nitrogens with zero attached hydrogens (tertiary/aromatic N) is 4. The second-order valence-electron chi connectivity index (χ2n) is 5.34. The van der Waals surface area contributed by atoms with Crippen LogP contribution in [0.4, 0.5) is 5.95 Å². The molecule has 2 aromatic heterocycles. The van der Waals surface area contributed by atoms with Gasteiger partial charge >= 0.3 is 0 Å². The van der Waals surface area contributed by atoms with E-state index in [1.54, 1.807) is 17.5 Å². The fraction of sp³-hybridized carbons (Fsp3) is 0.250. The molecule has 4 rings (SSSR count). The van der Waals surface area contributed by atoms with E-state index in [9.17, 15) is 0 Å². The minimum Gasteiger partial charge on any atom is -0.454 e. The summed E-state index contributed by atoms with van der Waals surface area (Å²) in [6.45, 7) is 4.90. The molecule has 3 aromatic rings. The highest BCUT2D eigenvalue weighted by molar-refractivity contribution is 7.11. The van der Waals surface area contributed by atoms with Gasteiger partial charge < -0.3 is 14.8 Å². The topological polar surface area (TPSA) is 82.1 Å². The van der Waals surface area contributed by atoms with Crippen molar-refractivity contribution in [1.82, 2.24) is 20.2 Å². The molecule has 1 aliphatic heterocycles. The fourth-order valence-electron chi connectivity index (χ4n) is 2.34. The Kier molecular flexibility index (Phi) is 3.73. The van der Waals surface area contributed by atoms with E-state index in [1.165, 1.54) is 4.88 Å². The Morgan fingerprint density at radius 1 is 1.17 bits per heavy atom. The zero-order chi connectivity index (χ0) is 16.5. The van der Waals surface area contributed by atoms with Crippen molar-refractivity contribution in [2.75, 3.05) is 12.1 Å². The van der Waals surface area contributed by atoms with E-state index in [0.29, 0.717) is 18.2 Å². The standard InChI is InChI=1S/C16H15N5O2S/c1-9-10(2)24-15(19-9)7-17-16-20-12(6-18-21-16)11-3-4-13-14(5-11)23-8-22-13/h3-6H,7-8H2,1-2H3,(H,17,20,21). The van der Waals surface area contributed by atoms with Crippen LogP contribution in [-0.4, -0.2) is 27.0 Å². The lowest BCUT2D eigenvalue weighted by Crippen LogP contribution is -2.05. The Morgan fingerprint density at radius 2 is 2.04 bits per heavy atom. The second kappa shape index (κ2) is 6.04. The first-order chi connectivity index (χ1) is 11.7. The molecule has 0 saturated carbocycles. The van der Waals surface area contributed by atoms with Crippen LogP contribution in [0.3, 0.4) is 0 Å². The van der Waals surface area contributed by atoms with E-state index in [0.717, 1.165) is 27.7 Å². The maximum absolute atomic E-state index is 5.40. The van der Waals surface area contributed by atoms with Gasteiger partial charge in [-0.1, -0.05) is 0 Å². The van der Waals surface area contributed by atoms with Crippen LogP contribution in [0.2, 0.25) is 0 Å². The summed E-state index contributed by atoms with van der Waals surface area (Å²) in [7, 11) is 0. The molecule has 0 saturated heterocycles. The summed E-state index contributed by atoms with van der Waals surface area (Å²) < 4.78 is 10.7. The Labute approximate surface area is 142 Å². The Balaban J connectivity index is 1.53. The predicted octanol–water partition coefficient (Wildman–Crippen LogP) is 2.95. The molecule has 24 heavy (non-hydrogen) atoms. The molecule has 122 valence electrons. The van der Waals surface area contributed by atoms with E-state index in [1.807, 2.05) is 25.1 Å². The molecule has 0 unspecified atom stereocenters. The van der Waals surface area contributed by atoms with Crippen molar-refractivity contribution in [3.8, 4) is 22.8 Å². The number of hydrogen-bond acceptors (Lipinski definition) is 8. The van der Waals surface area contributed by atoms with Gasteiger partial charge in [-0.15, -0.1) is 16.4 Å². The van der Waals surface area contributed by atoms with Gasteiger partial charge in [0.1, 0.15) is 5.01 Å². The monoisotopic (exact) mass is 341 g/mol. The zero-order valence-electron chi connectivity index (χ0n) is 13.2. The third kappa shape index (κ3) is 2.88. The van der Waals surface area contributed by atoms with E-state index < -0.39 is 0 Å². The number of aryl methyl sites for hydroxylation is 2. The van der Waals surface area contributed by atoms with Gasteiger partial charge in [0, 0.05) is 10.4 Å². The number of anilines is 1. The summed E-state index contributed by atoms with van der Waals surface area (Å²) in [5.74, 6) is 1.93. The maximum atomic E-state index is 5.40. The smallest absolute Gasteiger partial charge is 0.243 e. The number of rotatable bonds is 4. The second-order valence-corrected chi connectivity index (χ2v) is 6.62. The average molecular weight is 341 g/mol. The Morgan fingerprint density at radius 3 is 2.88 bits per heavy atom. The molecule has 0 fully saturated rings. The van der Waals surface area contributed by atoms with Crippen LogP contribution in [0.15, 0.2) is 24.4 Å². The normalized spacial score (nSPS) is 12.4. The van der Waals surface area contributed by atoms with Crippen molar-refractivity contribution >= 4 is 17.3 Å². The Hall–Kier alpha value is -2.74. The number of nitrogens with one attached hydrogen (secondary N) is 1. The summed E-state index contributed by atoms with van der Waals surface area (Å²) in [5, 5.41) is 12.2. The average Bonchev–Trinajstić information content (AvgIpc) is 3.19.